The van der Waals surface area contributed by atoms with Crippen molar-refractivity contribution in [2.45, 2.75) is 62.3 Å². The van der Waals surface area contributed by atoms with Crippen molar-refractivity contribution in [1.29, 1.82) is 0 Å². The van der Waals surface area contributed by atoms with E-state index in [1.54, 1.807) is 0 Å². The molecule has 0 aromatic carbocycles. The Morgan fingerprint density at radius 2 is 0.975 bits per heavy atom. The molecule has 0 saturated heterocycles. The quantitative estimate of drug-likeness (QED) is 0.0399. The third-order valence-corrected chi connectivity index (χ3v) is 4.45. The molecule has 0 aromatic heterocycles. The van der Waals surface area contributed by atoms with E-state index in [0.29, 0.717) is 0 Å². The number of primary amides is 1. The van der Waals surface area contributed by atoms with E-state index in [-0.39, 0.29) is 12.8 Å². The van der Waals surface area contributed by atoms with E-state index in [1.165, 1.54) is 0 Å². The largest absolute Gasteiger partial charge is 0.480 e. The average Bonchev–Trinajstić information content (AvgIpc) is 2.86. The first-order valence-corrected chi connectivity index (χ1v) is 11.5. The van der Waals surface area contributed by atoms with E-state index in [2.05, 4.69) is 4.74 Å². The van der Waals surface area contributed by atoms with Gasteiger partial charge in [0.25, 0.3) is 0 Å². The van der Waals surface area contributed by atoms with Crippen LogP contribution in [0.15, 0.2) is 0 Å². The molecule has 228 valence electrons. The molecule has 1 amide bonds. The average molecular weight is 582 g/mol. The summed E-state index contributed by atoms with van der Waals surface area (Å²) in [6.45, 7) is -2.02. The van der Waals surface area contributed by atoms with E-state index in [1.807, 2.05) is 0 Å². The van der Waals surface area contributed by atoms with E-state index in [0.717, 1.165) is 0 Å². The molecule has 0 rings (SSSR count). The van der Waals surface area contributed by atoms with Gasteiger partial charge in [-0.2, -0.15) is 0 Å². The Morgan fingerprint density at radius 3 is 1.43 bits per heavy atom. The molecule has 0 aliphatic carbocycles. The number of carbonyl (C=O) groups excluding carboxylic acids is 6. The first-order valence-electron chi connectivity index (χ1n) is 11.5. The highest BCUT2D eigenvalue weighted by Crippen LogP contribution is 2.03. The van der Waals surface area contributed by atoms with Gasteiger partial charge in [-0.25, -0.2) is 0 Å². The van der Waals surface area contributed by atoms with Crippen molar-refractivity contribution in [2.24, 2.45) is 40.1 Å². The molecule has 0 saturated carbocycles. The fourth-order valence-electron chi connectivity index (χ4n) is 2.27. The number of amides is 1. The van der Waals surface area contributed by atoms with E-state index in [9.17, 15) is 33.6 Å². The SMILES string of the molecule is NC(=O)CC[C@H](N)C(=O)O[C@@H](N)CC(=O)OC[C@H](N)C(=O)OC[C@H](N)C(=O)O[C@@H](N)CC(=O)OC[C@H](N)C(=O)O. The fourth-order valence-corrected chi connectivity index (χ4v) is 2.27. The Balaban J connectivity index is 4.34. The van der Waals surface area contributed by atoms with Gasteiger partial charge in [-0.05, 0) is 6.42 Å². The molecule has 0 radical (unpaired) electrons. The fraction of sp³-hybridized carbons (Fsp3) is 0.650. The third kappa shape index (κ3) is 16.1. The molecule has 20 heteroatoms. The number of carboxylic acids is 1. The number of nitrogens with two attached hydrogens (primary N) is 7. The van der Waals surface area contributed by atoms with Crippen molar-refractivity contribution < 1.29 is 62.4 Å². The van der Waals surface area contributed by atoms with Gasteiger partial charge in [0.05, 0.1) is 12.8 Å². The van der Waals surface area contributed by atoms with Gasteiger partial charge >= 0.3 is 35.8 Å². The van der Waals surface area contributed by atoms with Crippen LogP contribution in [-0.2, 0) is 57.2 Å². The standard InChI is InChI=1S/C20H35N7O13/c21-8(1-2-12(25)28)19(34)39-13(26)3-16(30)37-6-10(23)18(33)38-7-11(24)20(35)40-14(27)4-15(29)36-5-9(22)17(31)32/h8-11,13-14H,1-7,21-24,26-27H2,(H2,25,28)(H,31,32)/t8-,9-,10-,11-,13+,14+/m0/s1. The maximum absolute atomic E-state index is 12.0. The molecule has 40 heavy (non-hydrogen) atoms. The zero-order valence-electron chi connectivity index (χ0n) is 21.3. The number of ether oxygens (including phenoxy) is 5. The van der Waals surface area contributed by atoms with Gasteiger partial charge in [0, 0.05) is 6.42 Å². The van der Waals surface area contributed by atoms with Crippen LogP contribution in [-0.4, -0.2) is 103 Å². The summed E-state index contributed by atoms with van der Waals surface area (Å²) in [7, 11) is 0. The lowest BCUT2D eigenvalue weighted by atomic mass is 10.1. The molecule has 0 unspecified atom stereocenters. The molecule has 15 N–H and O–H groups in total. The number of esters is 5. The molecule has 20 nitrogen and oxygen atoms in total. The molecule has 0 aliphatic rings. The molecule has 0 aromatic rings. The van der Waals surface area contributed by atoms with Gasteiger partial charge in [-0.1, -0.05) is 0 Å². The zero-order chi connectivity index (χ0) is 31.0. The normalized spacial score (nSPS) is 15.2. The first kappa shape index (κ1) is 36.0. The van der Waals surface area contributed by atoms with Crippen LogP contribution in [0.3, 0.4) is 0 Å². The summed E-state index contributed by atoms with van der Waals surface area (Å²) in [5.74, 6) is -7.31. The topological polar surface area (TPSA) is 368 Å². The predicted molar refractivity (Wildman–Crippen MR) is 128 cm³/mol. The minimum Gasteiger partial charge on any atom is -0.480 e. The Morgan fingerprint density at radius 1 is 0.575 bits per heavy atom. The minimum atomic E-state index is -1.54. The Bertz CT molecular complexity index is 919. The van der Waals surface area contributed by atoms with Crippen molar-refractivity contribution >= 4 is 41.7 Å². The lowest BCUT2D eigenvalue weighted by Crippen LogP contribution is -2.44. The summed E-state index contributed by atoms with van der Waals surface area (Å²) in [6, 6.07) is -5.68. The number of aliphatic carboxylic acids is 1. The van der Waals surface area contributed by atoms with Crippen molar-refractivity contribution in [3.63, 3.8) is 0 Å². The van der Waals surface area contributed by atoms with Crippen LogP contribution in [0, 0.1) is 0 Å². The second-order valence-corrected chi connectivity index (χ2v) is 8.12. The smallest absolute Gasteiger partial charge is 0.328 e. The summed E-state index contributed by atoms with van der Waals surface area (Å²) in [5, 5.41) is 8.61. The second-order valence-electron chi connectivity index (χ2n) is 8.12. The molecule has 6 atom stereocenters. The number of rotatable bonds is 19. The summed E-state index contributed by atoms with van der Waals surface area (Å²) < 4.78 is 23.5. The van der Waals surface area contributed by atoms with Crippen LogP contribution in [0.1, 0.15) is 25.7 Å². The van der Waals surface area contributed by atoms with Gasteiger partial charge < -0.3 is 57.5 Å². The Hall–Kier alpha value is -3.95. The van der Waals surface area contributed by atoms with Crippen molar-refractivity contribution in [3.8, 4) is 0 Å². The number of carboxylic acid groups (broad SMARTS) is 1. The van der Waals surface area contributed by atoms with Crippen LogP contribution in [0.25, 0.3) is 0 Å². The number of carbonyl (C=O) groups is 7. The van der Waals surface area contributed by atoms with Crippen LogP contribution in [0.5, 0.6) is 0 Å². The maximum atomic E-state index is 12.0. The van der Waals surface area contributed by atoms with Gasteiger partial charge in [0.15, 0.2) is 12.5 Å². The van der Waals surface area contributed by atoms with Gasteiger partial charge in [-0.3, -0.25) is 45.0 Å². The van der Waals surface area contributed by atoms with Crippen LogP contribution < -0.4 is 40.1 Å². The Kier molecular flexibility index (Phi) is 16.5. The summed E-state index contributed by atoms with van der Waals surface area (Å²) in [5.41, 5.74) is 37.7. The maximum Gasteiger partial charge on any atom is 0.328 e. The molecule has 0 spiro atoms. The van der Waals surface area contributed by atoms with Crippen molar-refractivity contribution in [1.82, 2.24) is 0 Å². The number of hydrogen-bond donors (Lipinski definition) is 8. The first-order chi connectivity index (χ1) is 18.5. The Labute approximate surface area is 227 Å². The number of hydrogen-bond acceptors (Lipinski definition) is 18. The predicted octanol–water partition coefficient (Wildman–Crippen LogP) is -6.29. The van der Waals surface area contributed by atoms with Gasteiger partial charge in [0.2, 0.25) is 5.91 Å². The third-order valence-electron chi connectivity index (χ3n) is 4.45. The molecular weight excluding hydrogens is 546 g/mol. The van der Waals surface area contributed by atoms with E-state index >= 15 is 0 Å². The van der Waals surface area contributed by atoms with Crippen molar-refractivity contribution in [3.05, 3.63) is 0 Å². The minimum absolute atomic E-state index is 0.0864. The van der Waals surface area contributed by atoms with Crippen LogP contribution >= 0.6 is 0 Å². The lowest BCUT2D eigenvalue weighted by Gasteiger charge is -2.18. The van der Waals surface area contributed by atoms with Crippen LogP contribution in [0.4, 0.5) is 0 Å². The van der Waals surface area contributed by atoms with Crippen molar-refractivity contribution in [2.75, 3.05) is 19.8 Å². The summed E-state index contributed by atoms with van der Waals surface area (Å²) >= 11 is 0. The zero-order valence-corrected chi connectivity index (χ0v) is 21.3. The summed E-state index contributed by atoms with van der Waals surface area (Å²) in [6.07, 6.45) is -4.47. The highest BCUT2D eigenvalue weighted by Gasteiger charge is 2.26. The van der Waals surface area contributed by atoms with E-state index < -0.39 is 111 Å². The monoisotopic (exact) mass is 581 g/mol. The molecule has 0 bridgehead atoms. The highest BCUT2D eigenvalue weighted by atomic mass is 16.6. The molecule has 0 heterocycles. The molecular formula is C20H35N7O13. The summed E-state index contributed by atoms with van der Waals surface area (Å²) in [4.78, 5) is 80.3. The highest BCUT2D eigenvalue weighted by molar-refractivity contribution is 5.80. The van der Waals surface area contributed by atoms with Gasteiger partial charge in [0.1, 0.15) is 44.0 Å². The van der Waals surface area contributed by atoms with Crippen LogP contribution in [0.2, 0.25) is 0 Å². The van der Waals surface area contributed by atoms with Gasteiger partial charge in [-0.15, -0.1) is 0 Å². The lowest BCUT2D eigenvalue weighted by molar-refractivity contribution is -0.158. The second kappa shape index (κ2) is 18.4. The molecule has 0 fully saturated rings. The van der Waals surface area contributed by atoms with E-state index in [4.69, 9.17) is 64.2 Å². The molecule has 0 aliphatic heterocycles.